The summed E-state index contributed by atoms with van der Waals surface area (Å²) in [5, 5.41) is 13.1. The van der Waals surface area contributed by atoms with Crippen molar-refractivity contribution in [2.45, 2.75) is 11.0 Å². The molecule has 2 rings (SSSR count). The number of aliphatic hydroxyl groups is 1. The number of nitrogens with one attached hydrogen (secondary N) is 2. The lowest BCUT2D eigenvalue weighted by atomic mass is 10.2. The van der Waals surface area contributed by atoms with E-state index in [4.69, 9.17) is 32.7 Å². The zero-order chi connectivity index (χ0) is 21.6. The minimum atomic E-state index is -3.82. The number of amides is 1. The lowest BCUT2D eigenvalue weighted by Crippen LogP contribution is -2.35. The van der Waals surface area contributed by atoms with Crippen LogP contribution in [0.2, 0.25) is 10.0 Å². The lowest BCUT2D eigenvalue weighted by Gasteiger charge is -2.15. The van der Waals surface area contributed by atoms with Gasteiger partial charge in [-0.15, -0.1) is 0 Å². The molecular weight excluding hydrogens is 443 g/mol. The van der Waals surface area contributed by atoms with Crippen molar-refractivity contribution in [2.75, 3.05) is 27.3 Å². The quantitative estimate of drug-likeness (QED) is 0.525. The number of sulfonamides is 1. The Hall–Kier alpha value is -2.04. The third kappa shape index (κ3) is 5.97. The highest BCUT2D eigenvalue weighted by Crippen LogP contribution is 2.31. The van der Waals surface area contributed by atoms with Crippen LogP contribution in [-0.2, 0) is 10.0 Å². The molecule has 29 heavy (non-hydrogen) atoms. The molecule has 2 aromatic carbocycles. The smallest absolute Gasteiger partial charge is 0.251 e. The van der Waals surface area contributed by atoms with Crippen LogP contribution in [-0.4, -0.2) is 52.8 Å². The van der Waals surface area contributed by atoms with Crippen LogP contribution in [0, 0.1) is 0 Å². The summed E-state index contributed by atoms with van der Waals surface area (Å²) in [6, 6.07) is 8.83. The van der Waals surface area contributed by atoms with Crippen LogP contribution < -0.4 is 19.5 Å². The number of halogens is 2. The van der Waals surface area contributed by atoms with Gasteiger partial charge in [0.25, 0.3) is 5.91 Å². The average Bonchev–Trinajstić information content (AvgIpc) is 2.72. The van der Waals surface area contributed by atoms with Crippen LogP contribution in [0.15, 0.2) is 41.3 Å². The molecule has 0 radical (unpaired) electrons. The molecule has 0 aliphatic rings. The molecule has 0 aliphatic carbocycles. The third-order valence-corrected chi connectivity index (χ3v) is 6.07. The Morgan fingerprint density at radius 2 is 1.93 bits per heavy atom. The minimum absolute atomic E-state index is 0.0885. The predicted octanol–water partition coefficient (Wildman–Crippen LogP) is 2.08. The molecule has 158 valence electrons. The molecule has 1 amide bonds. The van der Waals surface area contributed by atoms with Crippen molar-refractivity contribution in [3.8, 4) is 11.5 Å². The van der Waals surface area contributed by atoms with Gasteiger partial charge in [-0.05, 0) is 37.4 Å². The van der Waals surface area contributed by atoms with Gasteiger partial charge in [0.05, 0.1) is 12.1 Å². The second-order valence-corrected chi connectivity index (χ2v) is 8.44. The summed E-state index contributed by atoms with van der Waals surface area (Å²) in [5.41, 5.74) is 0.0885. The molecule has 0 heterocycles. The molecule has 11 heteroatoms. The van der Waals surface area contributed by atoms with Crippen LogP contribution in [0.4, 0.5) is 0 Å². The van der Waals surface area contributed by atoms with E-state index in [0.717, 1.165) is 0 Å². The zero-order valence-corrected chi connectivity index (χ0v) is 17.9. The summed E-state index contributed by atoms with van der Waals surface area (Å²) in [7, 11) is -1.24. The third-order valence-electron chi connectivity index (χ3n) is 3.83. The SMILES string of the molecule is CNS(=O)(=O)c1cc(C(=O)NCC(O)COc2cccc(Cl)c2Cl)ccc1OC. The van der Waals surface area contributed by atoms with Crippen LogP contribution >= 0.6 is 23.2 Å². The summed E-state index contributed by atoms with van der Waals surface area (Å²) in [6.07, 6.45) is -1.03. The van der Waals surface area contributed by atoms with Gasteiger partial charge >= 0.3 is 0 Å². The van der Waals surface area contributed by atoms with Crippen molar-refractivity contribution in [3.05, 3.63) is 52.0 Å². The maximum atomic E-state index is 12.3. The summed E-state index contributed by atoms with van der Waals surface area (Å²) in [4.78, 5) is 12.2. The first-order valence-electron chi connectivity index (χ1n) is 8.34. The number of methoxy groups -OCH3 is 1. The van der Waals surface area contributed by atoms with Crippen molar-refractivity contribution in [3.63, 3.8) is 0 Å². The van der Waals surface area contributed by atoms with E-state index < -0.39 is 22.0 Å². The molecule has 0 aromatic heterocycles. The summed E-state index contributed by atoms with van der Waals surface area (Å²) >= 11 is 11.9. The fraction of sp³-hybridized carbons (Fsp3) is 0.278. The molecule has 0 fully saturated rings. The monoisotopic (exact) mass is 462 g/mol. The Bertz CT molecular complexity index is 984. The van der Waals surface area contributed by atoms with Gasteiger partial charge in [0.2, 0.25) is 10.0 Å². The van der Waals surface area contributed by atoms with Crippen LogP contribution in [0.5, 0.6) is 11.5 Å². The highest BCUT2D eigenvalue weighted by molar-refractivity contribution is 7.89. The maximum absolute atomic E-state index is 12.3. The van der Waals surface area contributed by atoms with Gasteiger partial charge in [-0.2, -0.15) is 0 Å². The molecule has 0 saturated heterocycles. The minimum Gasteiger partial charge on any atom is -0.495 e. The largest absolute Gasteiger partial charge is 0.495 e. The first kappa shape index (κ1) is 23.2. The highest BCUT2D eigenvalue weighted by Gasteiger charge is 2.20. The standard InChI is InChI=1S/C18H20Cl2N2O6S/c1-21-29(25,26)16-8-11(6-7-14(16)27-2)18(24)22-9-12(23)10-28-15-5-3-4-13(19)17(15)20/h3-8,12,21,23H,9-10H2,1-2H3,(H,22,24). The summed E-state index contributed by atoms with van der Waals surface area (Å²) in [5.74, 6) is -0.163. The molecule has 8 nitrogen and oxygen atoms in total. The van der Waals surface area contributed by atoms with Crippen LogP contribution in [0.1, 0.15) is 10.4 Å². The van der Waals surface area contributed by atoms with Crippen molar-refractivity contribution in [1.29, 1.82) is 0 Å². The maximum Gasteiger partial charge on any atom is 0.251 e. The van der Waals surface area contributed by atoms with E-state index in [2.05, 4.69) is 10.0 Å². The van der Waals surface area contributed by atoms with E-state index in [1.54, 1.807) is 18.2 Å². The van der Waals surface area contributed by atoms with Crippen molar-refractivity contribution in [2.24, 2.45) is 0 Å². The van der Waals surface area contributed by atoms with Gasteiger partial charge in [-0.25, -0.2) is 13.1 Å². The van der Waals surface area contributed by atoms with Crippen molar-refractivity contribution >= 4 is 39.1 Å². The second-order valence-electron chi connectivity index (χ2n) is 5.80. The average molecular weight is 463 g/mol. The van der Waals surface area contributed by atoms with Gasteiger partial charge in [0.1, 0.15) is 34.1 Å². The van der Waals surface area contributed by atoms with Gasteiger partial charge < -0.3 is 19.9 Å². The van der Waals surface area contributed by atoms with E-state index in [9.17, 15) is 18.3 Å². The first-order valence-corrected chi connectivity index (χ1v) is 10.6. The molecule has 0 saturated carbocycles. The normalized spacial score (nSPS) is 12.3. The number of aliphatic hydroxyl groups excluding tert-OH is 1. The van der Waals surface area contributed by atoms with E-state index in [-0.39, 0.29) is 34.4 Å². The number of benzene rings is 2. The lowest BCUT2D eigenvalue weighted by molar-refractivity contribution is 0.0843. The van der Waals surface area contributed by atoms with Gasteiger partial charge in [0, 0.05) is 12.1 Å². The van der Waals surface area contributed by atoms with Crippen LogP contribution in [0.3, 0.4) is 0 Å². The van der Waals surface area contributed by atoms with E-state index in [0.29, 0.717) is 10.8 Å². The molecule has 1 unspecified atom stereocenters. The van der Waals surface area contributed by atoms with Crippen LogP contribution in [0.25, 0.3) is 0 Å². The molecule has 1 atom stereocenters. The molecule has 2 aromatic rings. The second kappa shape index (κ2) is 10.1. The Balaban J connectivity index is 2.00. The van der Waals surface area contributed by atoms with Gasteiger partial charge in [-0.1, -0.05) is 29.3 Å². The molecular formula is C18H20Cl2N2O6S. The topological polar surface area (TPSA) is 114 Å². The number of hydrogen-bond acceptors (Lipinski definition) is 6. The fourth-order valence-electron chi connectivity index (χ4n) is 2.29. The summed E-state index contributed by atoms with van der Waals surface area (Å²) < 4.78 is 36.8. The Labute approximate surface area is 178 Å². The number of ether oxygens (including phenoxy) is 2. The number of rotatable bonds is 9. The van der Waals surface area contributed by atoms with E-state index in [1.165, 1.54) is 32.4 Å². The first-order chi connectivity index (χ1) is 13.7. The highest BCUT2D eigenvalue weighted by atomic mass is 35.5. The van der Waals surface area contributed by atoms with E-state index >= 15 is 0 Å². The van der Waals surface area contributed by atoms with Gasteiger partial charge in [-0.3, -0.25) is 4.79 Å². The Kier molecular flexibility index (Phi) is 8.12. The Morgan fingerprint density at radius 3 is 2.59 bits per heavy atom. The van der Waals surface area contributed by atoms with Crippen molar-refractivity contribution in [1.82, 2.24) is 10.0 Å². The Morgan fingerprint density at radius 1 is 1.21 bits per heavy atom. The van der Waals surface area contributed by atoms with Crippen molar-refractivity contribution < 1.29 is 27.8 Å². The summed E-state index contributed by atoms with van der Waals surface area (Å²) in [6.45, 7) is -0.264. The zero-order valence-electron chi connectivity index (χ0n) is 15.6. The molecule has 0 aliphatic heterocycles. The number of hydrogen-bond donors (Lipinski definition) is 3. The molecule has 3 N–H and O–H groups in total. The van der Waals surface area contributed by atoms with E-state index in [1.807, 2.05) is 0 Å². The fourth-order valence-corrected chi connectivity index (χ4v) is 3.56. The molecule has 0 spiro atoms. The number of carbonyl (C=O) groups is 1. The van der Waals surface area contributed by atoms with Gasteiger partial charge in [0.15, 0.2) is 0 Å². The predicted molar refractivity (Wildman–Crippen MR) is 110 cm³/mol. The number of carbonyl (C=O) groups excluding carboxylic acids is 1. The molecule has 0 bridgehead atoms.